The second kappa shape index (κ2) is 2.49. The van der Waals surface area contributed by atoms with Gasteiger partial charge >= 0.3 is 0 Å². The molecule has 0 radical (unpaired) electrons. The van der Waals surface area contributed by atoms with Crippen LogP contribution in [0.5, 0.6) is 0 Å². The van der Waals surface area contributed by atoms with Gasteiger partial charge < -0.3 is 5.73 Å². The summed E-state index contributed by atoms with van der Waals surface area (Å²) in [5, 5.41) is 0. The van der Waals surface area contributed by atoms with E-state index in [4.69, 9.17) is 5.73 Å². The van der Waals surface area contributed by atoms with Crippen LogP contribution in [0.1, 0.15) is 11.1 Å². The second-order valence-electron chi connectivity index (χ2n) is 2.54. The third kappa shape index (κ3) is 1.18. The van der Waals surface area contributed by atoms with Crippen LogP contribution in [0.2, 0.25) is 0 Å². The molecular formula is C8H9F2N. The molecule has 0 atom stereocenters. The first-order valence-electron chi connectivity index (χ1n) is 3.24. The first kappa shape index (κ1) is 7.98. The molecule has 0 spiro atoms. The van der Waals surface area contributed by atoms with Crippen LogP contribution in [-0.2, 0) is 0 Å². The van der Waals surface area contributed by atoms with Crippen molar-refractivity contribution in [3.8, 4) is 0 Å². The van der Waals surface area contributed by atoms with E-state index in [1.165, 1.54) is 13.0 Å². The molecule has 1 aromatic carbocycles. The largest absolute Gasteiger partial charge is 0.396 e. The van der Waals surface area contributed by atoms with E-state index in [2.05, 4.69) is 0 Å². The molecule has 3 heteroatoms. The third-order valence-corrected chi connectivity index (χ3v) is 1.74. The average Bonchev–Trinajstić information content (AvgIpc) is 1.97. The predicted molar refractivity (Wildman–Crippen MR) is 40.2 cm³/mol. The minimum absolute atomic E-state index is 0.134. The molecule has 0 fully saturated rings. The number of aryl methyl sites for hydroxylation is 1. The number of nitrogen functional groups attached to an aromatic ring is 1. The molecule has 0 aliphatic carbocycles. The molecule has 0 bridgehead atoms. The van der Waals surface area contributed by atoms with Crippen molar-refractivity contribution < 1.29 is 8.78 Å². The fourth-order valence-corrected chi connectivity index (χ4v) is 0.869. The molecule has 0 amide bonds. The molecule has 0 saturated heterocycles. The normalized spacial score (nSPS) is 10.2. The number of anilines is 1. The summed E-state index contributed by atoms with van der Waals surface area (Å²) in [6, 6.07) is 1.42. The Morgan fingerprint density at radius 3 is 2.27 bits per heavy atom. The van der Waals surface area contributed by atoms with Crippen LogP contribution in [0, 0.1) is 25.5 Å². The Hall–Kier alpha value is -1.12. The number of benzene rings is 1. The number of hydrogen-bond donors (Lipinski definition) is 1. The molecule has 0 unspecified atom stereocenters. The van der Waals surface area contributed by atoms with Gasteiger partial charge in [0, 0.05) is 0 Å². The zero-order valence-electron chi connectivity index (χ0n) is 6.41. The van der Waals surface area contributed by atoms with E-state index < -0.39 is 11.6 Å². The Labute approximate surface area is 63.8 Å². The van der Waals surface area contributed by atoms with Crippen molar-refractivity contribution in [2.24, 2.45) is 0 Å². The molecule has 11 heavy (non-hydrogen) atoms. The van der Waals surface area contributed by atoms with Gasteiger partial charge in [-0.3, -0.25) is 0 Å². The van der Waals surface area contributed by atoms with Crippen molar-refractivity contribution in [1.82, 2.24) is 0 Å². The van der Waals surface area contributed by atoms with E-state index in [-0.39, 0.29) is 5.69 Å². The molecule has 0 aliphatic rings. The van der Waals surface area contributed by atoms with Crippen molar-refractivity contribution in [3.05, 3.63) is 28.8 Å². The predicted octanol–water partition coefficient (Wildman–Crippen LogP) is 2.16. The minimum Gasteiger partial charge on any atom is -0.396 e. The minimum atomic E-state index is -0.951. The summed E-state index contributed by atoms with van der Waals surface area (Å²) in [6.45, 7) is 3.21. The zero-order chi connectivity index (χ0) is 8.59. The highest BCUT2D eigenvalue weighted by atomic mass is 19.2. The molecular weight excluding hydrogens is 148 g/mol. The molecule has 0 aliphatic heterocycles. The van der Waals surface area contributed by atoms with Gasteiger partial charge in [-0.15, -0.1) is 0 Å². The van der Waals surface area contributed by atoms with Gasteiger partial charge in [-0.1, -0.05) is 0 Å². The smallest absolute Gasteiger partial charge is 0.181 e. The molecule has 1 aromatic rings. The Kier molecular flexibility index (Phi) is 1.81. The first-order valence-corrected chi connectivity index (χ1v) is 3.24. The maximum atomic E-state index is 12.8. The lowest BCUT2D eigenvalue weighted by atomic mass is 10.1. The first-order chi connectivity index (χ1) is 5.04. The van der Waals surface area contributed by atoms with Crippen molar-refractivity contribution in [2.75, 3.05) is 5.73 Å². The van der Waals surface area contributed by atoms with Gasteiger partial charge in [0.15, 0.2) is 11.6 Å². The van der Waals surface area contributed by atoms with Gasteiger partial charge in [0.05, 0.1) is 5.69 Å². The highest BCUT2D eigenvalue weighted by Gasteiger charge is 2.10. The van der Waals surface area contributed by atoms with Crippen LogP contribution >= 0.6 is 0 Å². The van der Waals surface area contributed by atoms with Crippen molar-refractivity contribution in [2.45, 2.75) is 13.8 Å². The third-order valence-electron chi connectivity index (χ3n) is 1.74. The molecule has 1 nitrogen and oxygen atoms in total. The van der Waals surface area contributed by atoms with E-state index in [0.29, 0.717) is 11.1 Å². The van der Waals surface area contributed by atoms with Crippen molar-refractivity contribution in [1.29, 1.82) is 0 Å². The average molecular weight is 157 g/mol. The van der Waals surface area contributed by atoms with Crippen LogP contribution < -0.4 is 5.73 Å². The standard InChI is InChI=1S/C8H9F2N/c1-4-3-6(11)8(10)7(9)5(4)2/h3H,11H2,1-2H3. The molecule has 2 N–H and O–H groups in total. The maximum Gasteiger partial charge on any atom is 0.181 e. The van der Waals surface area contributed by atoms with Gasteiger partial charge in [-0.25, -0.2) is 8.78 Å². The van der Waals surface area contributed by atoms with E-state index in [1.54, 1.807) is 6.92 Å². The van der Waals surface area contributed by atoms with Gasteiger partial charge in [-0.05, 0) is 31.0 Å². The highest BCUT2D eigenvalue weighted by molar-refractivity contribution is 5.46. The summed E-state index contributed by atoms with van der Waals surface area (Å²) in [4.78, 5) is 0. The van der Waals surface area contributed by atoms with E-state index in [0.717, 1.165) is 0 Å². The fraction of sp³-hybridized carbons (Fsp3) is 0.250. The van der Waals surface area contributed by atoms with E-state index in [9.17, 15) is 8.78 Å². The van der Waals surface area contributed by atoms with Crippen molar-refractivity contribution in [3.63, 3.8) is 0 Å². The lowest BCUT2D eigenvalue weighted by Gasteiger charge is -2.04. The number of rotatable bonds is 0. The Balaban J connectivity index is 3.46. The topological polar surface area (TPSA) is 26.0 Å². The summed E-state index contributed by atoms with van der Waals surface area (Å²) in [6.07, 6.45) is 0. The van der Waals surface area contributed by atoms with Crippen LogP contribution in [0.3, 0.4) is 0 Å². The van der Waals surface area contributed by atoms with Gasteiger partial charge in [0.1, 0.15) is 0 Å². The van der Waals surface area contributed by atoms with Gasteiger partial charge in [-0.2, -0.15) is 0 Å². The summed E-state index contributed by atoms with van der Waals surface area (Å²) >= 11 is 0. The molecule has 1 rings (SSSR count). The van der Waals surface area contributed by atoms with Crippen LogP contribution in [0.15, 0.2) is 6.07 Å². The van der Waals surface area contributed by atoms with Crippen LogP contribution in [-0.4, -0.2) is 0 Å². The SMILES string of the molecule is Cc1cc(N)c(F)c(F)c1C. The lowest BCUT2D eigenvalue weighted by Crippen LogP contribution is -1.98. The number of hydrogen-bond acceptors (Lipinski definition) is 1. The van der Waals surface area contributed by atoms with Crippen LogP contribution in [0.4, 0.5) is 14.5 Å². The van der Waals surface area contributed by atoms with Gasteiger partial charge in [0.25, 0.3) is 0 Å². The fourth-order valence-electron chi connectivity index (χ4n) is 0.869. The monoisotopic (exact) mass is 157 g/mol. The number of nitrogens with two attached hydrogens (primary N) is 1. The van der Waals surface area contributed by atoms with Crippen LogP contribution in [0.25, 0.3) is 0 Å². The summed E-state index contributed by atoms with van der Waals surface area (Å²) in [5.74, 6) is -1.80. The quantitative estimate of drug-likeness (QED) is 0.574. The zero-order valence-corrected chi connectivity index (χ0v) is 6.41. The Morgan fingerprint density at radius 2 is 1.73 bits per heavy atom. The molecule has 0 saturated carbocycles. The summed E-state index contributed by atoms with van der Waals surface area (Å²) < 4.78 is 25.5. The van der Waals surface area contributed by atoms with E-state index >= 15 is 0 Å². The van der Waals surface area contributed by atoms with E-state index in [1.807, 2.05) is 0 Å². The second-order valence-corrected chi connectivity index (χ2v) is 2.54. The Bertz CT molecular complexity index is 268. The van der Waals surface area contributed by atoms with Crippen molar-refractivity contribution >= 4 is 5.69 Å². The Morgan fingerprint density at radius 1 is 1.18 bits per heavy atom. The summed E-state index contributed by atoms with van der Waals surface area (Å²) in [7, 11) is 0. The maximum absolute atomic E-state index is 12.8. The highest BCUT2D eigenvalue weighted by Crippen LogP contribution is 2.20. The number of halogens is 2. The molecule has 0 heterocycles. The molecule has 60 valence electrons. The van der Waals surface area contributed by atoms with Gasteiger partial charge in [0.2, 0.25) is 0 Å². The lowest BCUT2D eigenvalue weighted by molar-refractivity contribution is 0.505. The molecule has 0 aromatic heterocycles. The summed E-state index contributed by atoms with van der Waals surface area (Å²) in [5.41, 5.74) is 6.03.